The summed E-state index contributed by atoms with van der Waals surface area (Å²) in [6.07, 6.45) is 0.516. The van der Waals surface area contributed by atoms with Crippen molar-refractivity contribution in [2.75, 3.05) is 6.61 Å². The second-order valence-corrected chi connectivity index (χ2v) is 10.4. The maximum atomic E-state index is 15.4. The summed E-state index contributed by atoms with van der Waals surface area (Å²) in [6.45, 7) is 2.14. The van der Waals surface area contributed by atoms with Gasteiger partial charge in [-0.15, -0.1) is 0 Å². The summed E-state index contributed by atoms with van der Waals surface area (Å²) in [5.74, 6) is -3.48. The fraction of sp³-hybridized carbons (Fsp3) is 0.219. The predicted octanol–water partition coefficient (Wildman–Crippen LogP) is 6.62. The van der Waals surface area contributed by atoms with Gasteiger partial charge in [0.15, 0.2) is 0 Å². The Labute approximate surface area is 243 Å². The van der Waals surface area contributed by atoms with Gasteiger partial charge in [-0.25, -0.2) is 32.3 Å². The average molecular weight is 592 g/mol. The van der Waals surface area contributed by atoms with Gasteiger partial charge in [0.25, 0.3) is 0 Å². The highest BCUT2D eigenvalue weighted by Gasteiger charge is 2.24. The SMILES string of the molecule is Cc1cc(F)c(COc2cccc(-c3cc(F)c(Cc4nc5ccc(C(=O)O)cc5n4CC4CCO4)c(F)c3)n2)cc1F. The zero-order chi connectivity index (χ0) is 30.2. The van der Waals surface area contributed by atoms with Gasteiger partial charge in [0.05, 0.1) is 34.9 Å². The van der Waals surface area contributed by atoms with Gasteiger partial charge in [-0.3, -0.25) is 0 Å². The van der Waals surface area contributed by atoms with Crippen LogP contribution in [0.3, 0.4) is 0 Å². The molecule has 1 saturated heterocycles. The lowest BCUT2D eigenvalue weighted by atomic mass is 10.0. The summed E-state index contributed by atoms with van der Waals surface area (Å²) in [7, 11) is 0. The number of hydrogen-bond donors (Lipinski definition) is 1. The van der Waals surface area contributed by atoms with E-state index in [1.54, 1.807) is 22.8 Å². The first-order valence-corrected chi connectivity index (χ1v) is 13.5. The molecule has 0 radical (unpaired) electrons. The lowest BCUT2D eigenvalue weighted by Crippen LogP contribution is -2.31. The van der Waals surface area contributed by atoms with E-state index in [0.29, 0.717) is 30.0 Å². The van der Waals surface area contributed by atoms with E-state index in [2.05, 4.69) is 9.97 Å². The monoisotopic (exact) mass is 591 g/mol. The molecule has 2 aromatic heterocycles. The van der Waals surface area contributed by atoms with E-state index >= 15 is 8.78 Å². The number of carbonyl (C=O) groups is 1. The normalized spacial score (nSPS) is 14.6. The smallest absolute Gasteiger partial charge is 0.335 e. The van der Waals surface area contributed by atoms with Crippen molar-refractivity contribution in [1.82, 2.24) is 14.5 Å². The first-order chi connectivity index (χ1) is 20.7. The van der Waals surface area contributed by atoms with Crippen LogP contribution in [0.15, 0.2) is 60.7 Å². The number of aromatic nitrogens is 3. The van der Waals surface area contributed by atoms with Crippen LogP contribution in [0.4, 0.5) is 17.6 Å². The van der Waals surface area contributed by atoms with Gasteiger partial charge in [-0.05, 0) is 67.4 Å². The van der Waals surface area contributed by atoms with Crippen LogP contribution in [0.2, 0.25) is 0 Å². The molecular weight excluding hydrogens is 566 g/mol. The molecule has 5 aromatic rings. The van der Waals surface area contributed by atoms with Crippen LogP contribution < -0.4 is 4.74 Å². The van der Waals surface area contributed by atoms with Gasteiger partial charge in [0.1, 0.15) is 35.7 Å². The van der Waals surface area contributed by atoms with E-state index in [1.165, 1.54) is 25.1 Å². The van der Waals surface area contributed by atoms with Crippen LogP contribution >= 0.6 is 0 Å². The number of aromatic carboxylic acids is 1. The largest absolute Gasteiger partial charge is 0.478 e. The fourth-order valence-electron chi connectivity index (χ4n) is 4.96. The highest BCUT2D eigenvalue weighted by atomic mass is 19.1. The number of carboxylic acids is 1. The summed E-state index contributed by atoms with van der Waals surface area (Å²) < 4.78 is 71.8. The van der Waals surface area contributed by atoms with Crippen molar-refractivity contribution >= 4 is 17.0 Å². The Morgan fingerprint density at radius 1 is 1.00 bits per heavy atom. The summed E-state index contributed by atoms with van der Waals surface area (Å²) in [5.41, 5.74) is 1.45. The molecule has 1 fully saturated rings. The zero-order valence-electron chi connectivity index (χ0n) is 22.9. The van der Waals surface area contributed by atoms with E-state index < -0.39 is 29.2 Å². The Morgan fingerprint density at radius 2 is 1.77 bits per heavy atom. The summed E-state index contributed by atoms with van der Waals surface area (Å²) in [4.78, 5) is 20.4. The minimum atomic E-state index is -1.09. The maximum Gasteiger partial charge on any atom is 0.335 e. The van der Waals surface area contributed by atoms with Gasteiger partial charge < -0.3 is 19.1 Å². The Kier molecular flexibility index (Phi) is 7.57. The Morgan fingerprint density at radius 3 is 2.47 bits per heavy atom. The molecule has 3 heterocycles. The van der Waals surface area contributed by atoms with Crippen LogP contribution in [-0.2, 0) is 24.3 Å². The van der Waals surface area contributed by atoms with Crippen LogP contribution in [0.25, 0.3) is 22.3 Å². The van der Waals surface area contributed by atoms with Gasteiger partial charge >= 0.3 is 5.97 Å². The van der Waals surface area contributed by atoms with Crippen LogP contribution in [0, 0.1) is 30.2 Å². The molecule has 11 heteroatoms. The van der Waals surface area contributed by atoms with E-state index in [4.69, 9.17) is 9.47 Å². The molecule has 1 N–H and O–H groups in total. The topological polar surface area (TPSA) is 86.5 Å². The van der Waals surface area contributed by atoms with E-state index in [-0.39, 0.29) is 58.5 Å². The number of halogens is 4. The minimum Gasteiger partial charge on any atom is -0.478 e. The van der Waals surface area contributed by atoms with Gasteiger partial charge in [0, 0.05) is 35.8 Å². The number of pyridine rings is 1. The number of aryl methyl sites for hydroxylation is 1. The molecule has 0 aliphatic carbocycles. The molecule has 1 atom stereocenters. The van der Waals surface area contributed by atoms with Crippen molar-refractivity contribution in [2.24, 2.45) is 0 Å². The molecule has 7 nitrogen and oxygen atoms in total. The summed E-state index contributed by atoms with van der Waals surface area (Å²) in [6, 6.07) is 13.6. The molecular formula is C32H25F4N3O4. The van der Waals surface area contributed by atoms with Gasteiger partial charge in [0.2, 0.25) is 5.88 Å². The Bertz CT molecular complexity index is 1850. The van der Waals surface area contributed by atoms with Crippen LogP contribution in [-0.4, -0.2) is 38.3 Å². The maximum absolute atomic E-state index is 15.4. The van der Waals surface area contributed by atoms with Crippen molar-refractivity contribution < 1.29 is 36.9 Å². The molecule has 3 aromatic carbocycles. The lowest BCUT2D eigenvalue weighted by Gasteiger charge is -2.27. The molecule has 1 aliphatic rings. The third kappa shape index (κ3) is 5.80. The van der Waals surface area contributed by atoms with Gasteiger partial charge in [-0.2, -0.15) is 0 Å². The molecule has 0 amide bonds. The standard InChI is InChI=1S/C32H25F4N3O4/c1-17-9-24(34)20(12-23(17)33)16-43-31-4-2-3-27(38-31)19-10-25(35)22(26(36)11-19)14-30-37-28-6-5-18(32(40)41)13-29(28)39(30)15-21-7-8-42-21/h2-6,9-13,21H,7-8,14-16H2,1H3,(H,40,41). The number of hydrogen-bond acceptors (Lipinski definition) is 5. The highest BCUT2D eigenvalue weighted by molar-refractivity contribution is 5.92. The fourth-order valence-corrected chi connectivity index (χ4v) is 4.96. The molecule has 0 saturated carbocycles. The molecule has 6 rings (SSSR count). The van der Waals surface area contributed by atoms with E-state index in [0.717, 1.165) is 30.7 Å². The highest BCUT2D eigenvalue weighted by Crippen LogP contribution is 2.29. The first-order valence-electron chi connectivity index (χ1n) is 13.5. The molecule has 0 bridgehead atoms. The van der Waals surface area contributed by atoms with Gasteiger partial charge in [-0.1, -0.05) is 6.07 Å². The quantitative estimate of drug-likeness (QED) is 0.194. The van der Waals surface area contributed by atoms with Crippen LogP contribution in [0.5, 0.6) is 5.88 Å². The third-order valence-corrected chi connectivity index (χ3v) is 7.45. The number of rotatable bonds is 9. The number of benzene rings is 3. The number of carboxylic acid groups (broad SMARTS) is 1. The zero-order valence-corrected chi connectivity index (χ0v) is 22.9. The number of nitrogens with zero attached hydrogens (tertiary/aromatic N) is 3. The summed E-state index contributed by atoms with van der Waals surface area (Å²) >= 11 is 0. The molecule has 43 heavy (non-hydrogen) atoms. The minimum absolute atomic E-state index is 0.00539. The Hall–Kier alpha value is -4.77. The van der Waals surface area contributed by atoms with Crippen molar-refractivity contribution in [3.05, 3.63) is 112 Å². The van der Waals surface area contributed by atoms with Crippen LogP contribution in [0.1, 0.15) is 39.3 Å². The second kappa shape index (κ2) is 11.5. The summed E-state index contributed by atoms with van der Waals surface area (Å²) in [5, 5.41) is 9.44. The van der Waals surface area contributed by atoms with Crippen molar-refractivity contribution in [3.8, 4) is 17.1 Å². The second-order valence-electron chi connectivity index (χ2n) is 10.4. The average Bonchev–Trinajstić information content (AvgIpc) is 3.30. The lowest BCUT2D eigenvalue weighted by molar-refractivity contribution is -0.0589. The van der Waals surface area contributed by atoms with E-state index in [1.807, 2.05) is 0 Å². The van der Waals surface area contributed by atoms with Crippen molar-refractivity contribution in [3.63, 3.8) is 0 Å². The molecule has 220 valence electrons. The molecule has 1 unspecified atom stereocenters. The Balaban J connectivity index is 1.27. The number of ether oxygens (including phenoxy) is 2. The van der Waals surface area contributed by atoms with E-state index in [9.17, 15) is 18.7 Å². The predicted molar refractivity (Wildman–Crippen MR) is 149 cm³/mol. The number of imidazole rings is 1. The number of fused-ring (bicyclic) bond motifs is 1. The van der Waals surface area contributed by atoms with Crippen molar-refractivity contribution in [2.45, 2.75) is 39.0 Å². The molecule has 1 aliphatic heterocycles. The molecule has 0 spiro atoms. The third-order valence-electron chi connectivity index (χ3n) is 7.45. The van der Waals surface area contributed by atoms with Crippen molar-refractivity contribution in [1.29, 1.82) is 0 Å². The first kappa shape index (κ1) is 28.4.